The van der Waals surface area contributed by atoms with E-state index < -0.39 is 0 Å². The van der Waals surface area contributed by atoms with E-state index in [4.69, 9.17) is 10.5 Å². The number of ether oxygens (including phenoxy) is 1. The van der Waals surface area contributed by atoms with Crippen molar-refractivity contribution in [2.24, 2.45) is 5.73 Å². The zero-order chi connectivity index (χ0) is 13.2. The van der Waals surface area contributed by atoms with Crippen molar-refractivity contribution >= 4 is 0 Å². The van der Waals surface area contributed by atoms with Gasteiger partial charge < -0.3 is 10.5 Å². The average Bonchev–Trinajstić information content (AvgIpc) is 2.90. The van der Waals surface area contributed by atoms with Crippen LogP contribution < -0.4 is 5.73 Å². The molecular weight excluding hydrogens is 243 g/mol. The lowest BCUT2D eigenvalue weighted by Gasteiger charge is -2.38. The van der Waals surface area contributed by atoms with Gasteiger partial charge in [0, 0.05) is 25.7 Å². The van der Waals surface area contributed by atoms with Crippen LogP contribution in [0.15, 0.2) is 18.2 Å². The number of fused-ring (bicyclic) bond motifs is 1. The van der Waals surface area contributed by atoms with Crippen molar-refractivity contribution < 1.29 is 9.13 Å². The Balaban J connectivity index is 1.77. The molecule has 4 heteroatoms. The molecule has 0 radical (unpaired) electrons. The van der Waals surface area contributed by atoms with Crippen LogP contribution in [0.5, 0.6) is 0 Å². The summed E-state index contributed by atoms with van der Waals surface area (Å²) in [5.41, 5.74) is 7.79. The average molecular weight is 264 g/mol. The number of morpholine rings is 1. The third kappa shape index (κ3) is 2.66. The fourth-order valence-electron chi connectivity index (χ4n) is 3.36. The van der Waals surface area contributed by atoms with Gasteiger partial charge in [0.05, 0.1) is 12.7 Å². The van der Waals surface area contributed by atoms with Crippen LogP contribution in [-0.4, -0.2) is 30.2 Å². The summed E-state index contributed by atoms with van der Waals surface area (Å²) < 4.78 is 19.1. The normalized spacial score (nSPS) is 27.5. The van der Waals surface area contributed by atoms with Gasteiger partial charge in [-0.15, -0.1) is 0 Å². The molecule has 2 atom stereocenters. The molecule has 0 bridgehead atoms. The SMILES string of the molecule is NCc1cc(F)ccc1CN1CCOC2CCCC21. The van der Waals surface area contributed by atoms with Crippen LogP contribution in [0.4, 0.5) is 4.39 Å². The Hall–Kier alpha value is -0.970. The van der Waals surface area contributed by atoms with Crippen LogP contribution in [0, 0.1) is 5.82 Å². The second-order valence-corrected chi connectivity index (χ2v) is 5.50. The fourth-order valence-corrected chi connectivity index (χ4v) is 3.36. The van der Waals surface area contributed by atoms with Crippen LogP contribution in [0.2, 0.25) is 0 Å². The first-order valence-corrected chi connectivity index (χ1v) is 7.11. The Morgan fingerprint density at radius 3 is 3.05 bits per heavy atom. The molecule has 0 amide bonds. The number of nitrogens with zero attached hydrogens (tertiary/aromatic N) is 1. The third-order valence-electron chi connectivity index (χ3n) is 4.36. The van der Waals surface area contributed by atoms with E-state index in [2.05, 4.69) is 4.90 Å². The Kier molecular flexibility index (Phi) is 3.82. The van der Waals surface area contributed by atoms with E-state index in [1.54, 1.807) is 6.07 Å². The topological polar surface area (TPSA) is 38.5 Å². The summed E-state index contributed by atoms with van der Waals surface area (Å²) in [4.78, 5) is 2.48. The molecule has 1 aromatic rings. The van der Waals surface area contributed by atoms with E-state index in [0.717, 1.165) is 30.8 Å². The lowest BCUT2D eigenvalue weighted by atomic mass is 10.0. The monoisotopic (exact) mass is 264 g/mol. The summed E-state index contributed by atoms with van der Waals surface area (Å²) in [6.45, 7) is 3.02. The molecule has 3 nitrogen and oxygen atoms in total. The molecule has 1 saturated heterocycles. The maximum atomic E-state index is 13.2. The van der Waals surface area contributed by atoms with Gasteiger partial charge in [-0.3, -0.25) is 4.90 Å². The molecule has 2 unspecified atom stereocenters. The van der Waals surface area contributed by atoms with Crippen molar-refractivity contribution in [3.05, 3.63) is 35.1 Å². The van der Waals surface area contributed by atoms with Crippen LogP contribution in [0.1, 0.15) is 30.4 Å². The quantitative estimate of drug-likeness (QED) is 0.908. The van der Waals surface area contributed by atoms with E-state index in [-0.39, 0.29) is 5.82 Å². The van der Waals surface area contributed by atoms with Crippen molar-refractivity contribution in [1.29, 1.82) is 0 Å². The van der Waals surface area contributed by atoms with Gasteiger partial charge >= 0.3 is 0 Å². The van der Waals surface area contributed by atoms with Gasteiger partial charge in [0.15, 0.2) is 0 Å². The molecule has 3 rings (SSSR count). The minimum absolute atomic E-state index is 0.204. The van der Waals surface area contributed by atoms with Gasteiger partial charge in [0.2, 0.25) is 0 Å². The molecule has 2 aliphatic rings. The smallest absolute Gasteiger partial charge is 0.123 e. The summed E-state index contributed by atoms with van der Waals surface area (Å²) in [5, 5.41) is 0. The molecule has 1 heterocycles. The molecule has 2 N–H and O–H groups in total. The number of halogens is 1. The number of benzene rings is 1. The van der Waals surface area contributed by atoms with E-state index in [1.165, 1.54) is 25.3 Å². The van der Waals surface area contributed by atoms with Gasteiger partial charge in [-0.2, -0.15) is 0 Å². The van der Waals surface area contributed by atoms with Gasteiger partial charge in [-0.1, -0.05) is 6.07 Å². The molecule has 1 aromatic carbocycles. The molecule has 104 valence electrons. The maximum Gasteiger partial charge on any atom is 0.123 e. The number of hydrogen-bond donors (Lipinski definition) is 1. The standard InChI is InChI=1S/C15H21FN2O/c16-13-5-4-11(12(8-13)9-17)10-18-6-7-19-15-3-1-2-14(15)18/h4-5,8,14-15H,1-3,6-7,9-10,17H2. The van der Waals surface area contributed by atoms with Crippen molar-refractivity contribution in [3.63, 3.8) is 0 Å². The Morgan fingerprint density at radius 2 is 2.21 bits per heavy atom. The molecular formula is C15H21FN2O. The Labute approximate surface area is 113 Å². The largest absolute Gasteiger partial charge is 0.375 e. The van der Waals surface area contributed by atoms with Crippen molar-refractivity contribution in [3.8, 4) is 0 Å². The highest BCUT2D eigenvalue weighted by atomic mass is 19.1. The number of rotatable bonds is 3. The molecule has 2 fully saturated rings. The summed E-state index contributed by atoms with van der Waals surface area (Å²) in [7, 11) is 0. The van der Waals surface area contributed by atoms with Crippen LogP contribution in [0.25, 0.3) is 0 Å². The molecule has 1 aliphatic heterocycles. The lowest BCUT2D eigenvalue weighted by molar-refractivity contribution is -0.0589. The molecule has 0 aromatic heterocycles. The summed E-state index contributed by atoms with van der Waals surface area (Å²) >= 11 is 0. The van der Waals surface area contributed by atoms with Gasteiger partial charge in [0.25, 0.3) is 0 Å². The minimum atomic E-state index is -0.204. The van der Waals surface area contributed by atoms with E-state index in [9.17, 15) is 4.39 Å². The molecule has 1 aliphatic carbocycles. The van der Waals surface area contributed by atoms with Crippen LogP contribution in [0.3, 0.4) is 0 Å². The maximum absolute atomic E-state index is 13.2. The first-order valence-electron chi connectivity index (χ1n) is 7.11. The van der Waals surface area contributed by atoms with Gasteiger partial charge in [-0.25, -0.2) is 4.39 Å². The Morgan fingerprint density at radius 1 is 1.32 bits per heavy atom. The second kappa shape index (κ2) is 5.57. The Bertz CT molecular complexity index is 452. The van der Waals surface area contributed by atoms with Crippen molar-refractivity contribution in [2.75, 3.05) is 13.2 Å². The predicted octanol–water partition coefficient (Wildman–Crippen LogP) is 2.04. The second-order valence-electron chi connectivity index (χ2n) is 5.50. The molecule has 1 saturated carbocycles. The van der Waals surface area contributed by atoms with E-state index in [0.29, 0.717) is 18.7 Å². The predicted molar refractivity (Wildman–Crippen MR) is 72.1 cm³/mol. The fraction of sp³-hybridized carbons (Fsp3) is 0.600. The van der Waals surface area contributed by atoms with Crippen molar-refractivity contribution in [1.82, 2.24) is 4.90 Å². The first-order chi connectivity index (χ1) is 9.28. The van der Waals surface area contributed by atoms with Gasteiger partial charge in [-0.05, 0) is 42.5 Å². The van der Waals surface area contributed by atoms with E-state index >= 15 is 0 Å². The molecule has 0 spiro atoms. The van der Waals surface area contributed by atoms with Crippen LogP contribution in [-0.2, 0) is 17.8 Å². The minimum Gasteiger partial charge on any atom is -0.375 e. The van der Waals surface area contributed by atoms with Crippen molar-refractivity contribution in [2.45, 2.75) is 44.5 Å². The summed E-state index contributed by atoms with van der Waals surface area (Å²) in [6, 6.07) is 5.49. The summed E-state index contributed by atoms with van der Waals surface area (Å²) in [5.74, 6) is -0.204. The zero-order valence-corrected chi connectivity index (χ0v) is 11.1. The number of hydrogen-bond acceptors (Lipinski definition) is 3. The zero-order valence-electron chi connectivity index (χ0n) is 11.1. The third-order valence-corrected chi connectivity index (χ3v) is 4.36. The highest BCUT2D eigenvalue weighted by Gasteiger charge is 2.35. The highest BCUT2D eigenvalue weighted by Crippen LogP contribution is 2.31. The van der Waals surface area contributed by atoms with E-state index in [1.807, 2.05) is 6.07 Å². The number of nitrogens with two attached hydrogens (primary N) is 1. The highest BCUT2D eigenvalue weighted by molar-refractivity contribution is 5.28. The summed E-state index contributed by atoms with van der Waals surface area (Å²) in [6.07, 6.45) is 4.03. The van der Waals surface area contributed by atoms with Gasteiger partial charge in [0.1, 0.15) is 5.82 Å². The molecule has 19 heavy (non-hydrogen) atoms. The first kappa shape index (κ1) is 13.0. The lowest BCUT2D eigenvalue weighted by Crippen LogP contribution is -2.48. The van der Waals surface area contributed by atoms with Crippen LogP contribution >= 0.6 is 0 Å².